The number of para-hydroxylation sites is 1. The first-order valence-electron chi connectivity index (χ1n) is 10.8. The number of aromatic amines is 1. The highest BCUT2D eigenvalue weighted by atomic mass is 19.4. The second kappa shape index (κ2) is 9.18. The molecular weight excluding hydrogens is 489 g/mol. The van der Waals surface area contributed by atoms with Gasteiger partial charge in [0.15, 0.2) is 11.5 Å². The summed E-state index contributed by atoms with van der Waals surface area (Å²) in [5.41, 5.74) is 4.34. The van der Waals surface area contributed by atoms with Crippen LogP contribution in [0.15, 0.2) is 76.9 Å². The van der Waals surface area contributed by atoms with Gasteiger partial charge in [-0.15, -0.1) is 5.10 Å². The number of aromatic nitrogens is 4. The number of aromatic hydroxyl groups is 1. The highest BCUT2D eigenvalue weighted by Crippen LogP contribution is 2.37. The number of carbonyl (C=O) groups excluding carboxylic acids is 1. The normalized spacial score (nSPS) is 14.8. The fourth-order valence-electron chi connectivity index (χ4n) is 3.69. The van der Waals surface area contributed by atoms with Crippen LogP contribution >= 0.6 is 0 Å². The van der Waals surface area contributed by atoms with E-state index in [4.69, 9.17) is 0 Å². The average molecular weight is 506 g/mol. The van der Waals surface area contributed by atoms with Crippen LogP contribution in [0.4, 0.5) is 24.5 Å². The van der Waals surface area contributed by atoms with Gasteiger partial charge in [-0.2, -0.15) is 28.4 Å². The topological polar surface area (TPSA) is 132 Å². The molecule has 5 rings (SSSR count). The van der Waals surface area contributed by atoms with Crippen molar-refractivity contribution in [1.82, 2.24) is 20.6 Å². The molecule has 10 nitrogen and oxygen atoms in total. The van der Waals surface area contributed by atoms with Crippen molar-refractivity contribution in [3.05, 3.63) is 72.3 Å². The maximum absolute atomic E-state index is 12.9. The molecule has 1 aromatic heterocycles. The summed E-state index contributed by atoms with van der Waals surface area (Å²) in [6.45, 7) is 1.54. The Balaban J connectivity index is 1.38. The molecule has 186 valence electrons. The van der Waals surface area contributed by atoms with E-state index in [1.165, 1.54) is 0 Å². The lowest BCUT2D eigenvalue weighted by Crippen LogP contribution is -2.28. The van der Waals surface area contributed by atoms with Gasteiger partial charge >= 0.3 is 12.1 Å². The second-order valence-electron chi connectivity index (χ2n) is 7.95. The Labute approximate surface area is 207 Å². The molecule has 3 N–H and O–H groups in total. The Morgan fingerprint density at radius 2 is 1.76 bits per heavy atom. The van der Waals surface area contributed by atoms with Crippen molar-refractivity contribution < 1.29 is 23.1 Å². The van der Waals surface area contributed by atoms with Crippen molar-refractivity contribution in [3.8, 4) is 28.3 Å². The first-order chi connectivity index (χ1) is 17.7. The SMILES string of the molecule is CC1=NN(c2ccc(C(F)(F)F)cc2)C(=O)/C1=N\Nc1cccc(-c2cccc(-c3nnn[nH]3)c2)c1O. The predicted octanol–water partition coefficient (Wildman–Crippen LogP) is 4.45. The van der Waals surface area contributed by atoms with Crippen molar-refractivity contribution in [2.75, 3.05) is 10.4 Å². The molecule has 1 aliphatic heterocycles. The number of halogens is 3. The third-order valence-corrected chi connectivity index (χ3v) is 5.54. The van der Waals surface area contributed by atoms with Crippen LogP contribution in [0.3, 0.4) is 0 Å². The smallest absolute Gasteiger partial charge is 0.416 e. The van der Waals surface area contributed by atoms with Crippen molar-refractivity contribution in [1.29, 1.82) is 0 Å². The van der Waals surface area contributed by atoms with Gasteiger partial charge in [0.25, 0.3) is 0 Å². The lowest BCUT2D eigenvalue weighted by molar-refractivity contribution is -0.137. The Hall–Kier alpha value is -5.07. The van der Waals surface area contributed by atoms with Crippen LogP contribution in [-0.4, -0.2) is 43.1 Å². The summed E-state index contributed by atoms with van der Waals surface area (Å²) < 4.78 is 38.5. The van der Waals surface area contributed by atoms with Crippen LogP contribution in [0.5, 0.6) is 5.75 Å². The lowest BCUT2D eigenvalue weighted by Gasteiger charge is -2.13. The molecule has 3 aromatic carbocycles. The molecule has 0 unspecified atom stereocenters. The molecule has 0 saturated heterocycles. The average Bonchev–Trinajstić information content (AvgIpc) is 3.52. The van der Waals surface area contributed by atoms with Crippen LogP contribution in [0, 0.1) is 0 Å². The van der Waals surface area contributed by atoms with E-state index < -0.39 is 17.6 Å². The van der Waals surface area contributed by atoms with Crippen molar-refractivity contribution >= 4 is 28.7 Å². The van der Waals surface area contributed by atoms with E-state index in [9.17, 15) is 23.1 Å². The summed E-state index contributed by atoms with van der Waals surface area (Å²) in [6, 6.07) is 16.3. The van der Waals surface area contributed by atoms with E-state index in [1.807, 2.05) is 6.07 Å². The molecule has 0 spiro atoms. The van der Waals surface area contributed by atoms with E-state index in [0.29, 0.717) is 22.5 Å². The molecule has 1 amide bonds. The standard InChI is InChI=1S/C24H17F3N8O2/c1-13-20(23(37)35(32-13)17-10-8-16(9-11-17)24(25,26)27)29-28-19-7-3-6-18(21(19)36)14-4-2-5-15(12-14)22-30-33-34-31-22/h2-12,28,36H,1H3,(H,30,31,33,34)/b29-20-. The summed E-state index contributed by atoms with van der Waals surface area (Å²) in [7, 11) is 0. The van der Waals surface area contributed by atoms with E-state index in [0.717, 1.165) is 29.3 Å². The van der Waals surface area contributed by atoms with E-state index in [2.05, 4.69) is 36.3 Å². The molecule has 0 bridgehead atoms. The number of tetrazole rings is 1. The molecule has 13 heteroatoms. The summed E-state index contributed by atoms with van der Waals surface area (Å²) in [4.78, 5) is 12.9. The summed E-state index contributed by atoms with van der Waals surface area (Å²) >= 11 is 0. The number of amides is 1. The molecule has 2 heterocycles. The van der Waals surface area contributed by atoms with Gasteiger partial charge in [-0.05, 0) is 59.3 Å². The van der Waals surface area contributed by atoms with Gasteiger partial charge in [-0.3, -0.25) is 10.2 Å². The number of H-pyrrole nitrogens is 1. The number of hydrazone groups is 2. The number of hydrogen-bond donors (Lipinski definition) is 3. The molecule has 0 atom stereocenters. The van der Waals surface area contributed by atoms with Gasteiger partial charge in [0.2, 0.25) is 0 Å². The number of carbonyl (C=O) groups is 1. The third-order valence-electron chi connectivity index (χ3n) is 5.54. The number of alkyl halides is 3. The van der Waals surface area contributed by atoms with E-state index in [-0.39, 0.29) is 28.5 Å². The van der Waals surface area contributed by atoms with Crippen molar-refractivity contribution in [2.24, 2.45) is 10.2 Å². The number of anilines is 2. The van der Waals surface area contributed by atoms with Crippen LogP contribution in [0.25, 0.3) is 22.5 Å². The first kappa shape index (κ1) is 23.7. The molecule has 1 aliphatic rings. The molecule has 0 aliphatic carbocycles. The lowest BCUT2D eigenvalue weighted by atomic mass is 10.0. The zero-order valence-electron chi connectivity index (χ0n) is 19.0. The van der Waals surface area contributed by atoms with Gasteiger partial charge in [-0.1, -0.05) is 30.3 Å². The third kappa shape index (κ3) is 4.61. The summed E-state index contributed by atoms with van der Waals surface area (Å²) in [5.74, 6) is -0.276. The number of rotatable bonds is 5. The zero-order chi connectivity index (χ0) is 26.2. The maximum atomic E-state index is 12.9. The highest BCUT2D eigenvalue weighted by molar-refractivity contribution is 6.71. The minimum Gasteiger partial charge on any atom is -0.505 e. The fourth-order valence-corrected chi connectivity index (χ4v) is 3.69. The first-order valence-corrected chi connectivity index (χ1v) is 10.8. The monoisotopic (exact) mass is 506 g/mol. The Bertz CT molecular complexity index is 1530. The van der Waals surface area contributed by atoms with Crippen LogP contribution in [-0.2, 0) is 11.0 Å². The number of hydrogen-bond acceptors (Lipinski definition) is 8. The van der Waals surface area contributed by atoms with Crippen molar-refractivity contribution in [3.63, 3.8) is 0 Å². The maximum Gasteiger partial charge on any atom is 0.416 e. The zero-order valence-corrected chi connectivity index (χ0v) is 19.0. The minimum atomic E-state index is -4.49. The summed E-state index contributed by atoms with van der Waals surface area (Å²) in [6.07, 6.45) is -4.49. The highest BCUT2D eigenvalue weighted by Gasteiger charge is 2.33. The van der Waals surface area contributed by atoms with E-state index >= 15 is 0 Å². The van der Waals surface area contributed by atoms with Gasteiger partial charge in [0.1, 0.15) is 5.75 Å². The largest absolute Gasteiger partial charge is 0.505 e. The quantitative estimate of drug-likeness (QED) is 0.271. The molecule has 0 radical (unpaired) electrons. The molecular formula is C24H17F3N8O2. The van der Waals surface area contributed by atoms with Gasteiger partial charge in [-0.25, -0.2) is 5.10 Å². The Kier molecular flexibility index (Phi) is 5.87. The molecule has 37 heavy (non-hydrogen) atoms. The Morgan fingerprint density at radius 3 is 2.46 bits per heavy atom. The number of nitrogens with zero attached hydrogens (tertiary/aromatic N) is 6. The molecule has 4 aromatic rings. The van der Waals surface area contributed by atoms with Gasteiger partial charge < -0.3 is 5.11 Å². The number of phenolic OH excluding ortho intramolecular Hbond substituents is 1. The Morgan fingerprint density at radius 1 is 1.03 bits per heavy atom. The number of benzene rings is 3. The predicted molar refractivity (Wildman–Crippen MR) is 130 cm³/mol. The van der Waals surface area contributed by atoms with Crippen LogP contribution in [0.2, 0.25) is 0 Å². The van der Waals surface area contributed by atoms with Gasteiger partial charge in [0.05, 0.1) is 22.6 Å². The number of nitrogens with one attached hydrogen (secondary N) is 2. The van der Waals surface area contributed by atoms with Crippen molar-refractivity contribution in [2.45, 2.75) is 13.1 Å². The minimum absolute atomic E-state index is 0.0514. The van der Waals surface area contributed by atoms with Crippen LogP contribution in [0.1, 0.15) is 12.5 Å². The summed E-state index contributed by atoms with van der Waals surface area (Å²) in [5, 5.41) is 33.8. The molecule has 0 saturated carbocycles. The van der Waals surface area contributed by atoms with Crippen LogP contribution < -0.4 is 10.4 Å². The van der Waals surface area contributed by atoms with E-state index in [1.54, 1.807) is 43.3 Å². The fraction of sp³-hybridized carbons (Fsp3) is 0.0833. The van der Waals surface area contributed by atoms with Gasteiger partial charge in [0, 0.05) is 11.1 Å². The molecule has 0 fully saturated rings. The second-order valence-corrected chi connectivity index (χ2v) is 7.95. The number of phenols is 1.